The third-order valence-corrected chi connectivity index (χ3v) is 7.52. The Morgan fingerprint density at radius 1 is 1.17 bits per heavy atom. The number of hydrogen-bond acceptors (Lipinski definition) is 6. The number of methoxy groups -OCH3 is 1. The summed E-state index contributed by atoms with van der Waals surface area (Å²) in [4.78, 5) is 26.9. The molecule has 10 heteroatoms. The van der Waals surface area contributed by atoms with Gasteiger partial charge in [0.15, 0.2) is 0 Å². The lowest BCUT2D eigenvalue weighted by atomic mass is 10.2. The van der Waals surface area contributed by atoms with Crippen molar-refractivity contribution in [3.8, 4) is 5.75 Å². The van der Waals surface area contributed by atoms with Crippen LogP contribution < -0.4 is 19.7 Å². The second-order valence-electron chi connectivity index (χ2n) is 7.57. The molecule has 2 heterocycles. The van der Waals surface area contributed by atoms with Gasteiger partial charge in [-0.2, -0.15) is 0 Å². The third kappa shape index (κ3) is 5.04. The van der Waals surface area contributed by atoms with Crippen LogP contribution in [0.2, 0.25) is 0 Å². The summed E-state index contributed by atoms with van der Waals surface area (Å²) in [6.07, 6.45) is 3.46. The van der Waals surface area contributed by atoms with Gasteiger partial charge >= 0.3 is 11.8 Å². The number of rotatable bonds is 6. The Morgan fingerprint density at radius 2 is 1.97 bits per heavy atom. The maximum atomic E-state index is 12.5. The normalized spacial score (nSPS) is 21.3. The van der Waals surface area contributed by atoms with Crippen molar-refractivity contribution in [2.45, 2.75) is 38.6 Å². The van der Waals surface area contributed by atoms with E-state index in [9.17, 15) is 18.0 Å². The zero-order chi connectivity index (χ0) is 21.7. The van der Waals surface area contributed by atoms with Gasteiger partial charge < -0.3 is 15.4 Å². The molecule has 2 saturated heterocycles. The minimum Gasteiger partial charge on any atom is -0.495 e. The number of carbonyl (C=O) groups excluding carboxylic acids is 2. The van der Waals surface area contributed by atoms with E-state index in [4.69, 9.17) is 4.74 Å². The number of sulfonamides is 1. The fourth-order valence-corrected chi connectivity index (χ4v) is 5.68. The Kier molecular flexibility index (Phi) is 7.19. The predicted molar refractivity (Wildman–Crippen MR) is 115 cm³/mol. The van der Waals surface area contributed by atoms with Crippen LogP contribution in [-0.4, -0.2) is 70.2 Å². The second-order valence-corrected chi connectivity index (χ2v) is 9.58. The molecule has 0 aromatic heterocycles. The first kappa shape index (κ1) is 22.4. The SMILES string of the molecule is CCN1CCCC1CNC(=O)C(=O)Nc1ccc(OC)c(N2CCCCS2(=O)=O)c1. The topological polar surface area (TPSA) is 108 Å². The summed E-state index contributed by atoms with van der Waals surface area (Å²) in [5.74, 6) is -1.02. The van der Waals surface area contributed by atoms with Gasteiger partial charge in [0.1, 0.15) is 5.75 Å². The smallest absolute Gasteiger partial charge is 0.313 e. The van der Waals surface area contributed by atoms with Crippen molar-refractivity contribution in [3.63, 3.8) is 0 Å². The van der Waals surface area contributed by atoms with Gasteiger partial charge in [-0.05, 0) is 57.0 Å². The third-order valence-electron chi connectivity index (χ3n) is 5.66. The standard InChI is InChI=1S/C20H30N4O5S/c1-3-23-10-6-7-16(23)14-21-19(25)20(26)22-15-8-9-18(29-2)17(13-15)24-11-4-5-12-30(24,27)28/h8-9,13,16H,3-7,10-12,14H2,1-2H3,(H,21,25)(H,22,26). The molecule has 2 N–H and O–H groups in total. The molecule has 2 aliphatic rings. The predicted octanol–water partition coefficient (Wildman–Crippen LogP) is 1.16. The number of nitrogens with zero attached hydrogens (tertiary/aromatic N) is 2. The summed E-state index contributed by atoms with van der Waals surface area (Å²) in [6, 6.07) is 4.95. The molecule has 2 amide bonds. The van der Waals surface area contributed by atoms with Crippen LogP contribution >= 0.6 is 0 Å². The highest BCUT2D eigenvalue weighted by Gasteiger charge is 2.29. The van der Waals surface area contributed by atoms with Crippen molar-refractivity contribution in [1.29, 1.82) is 0 Å². The van der Waals surface area contributed by atoms with Crippen LogP contribution in [0, 0.1) is 0 Å². The van der Waals surface area contributed by atoms with Gasteiger partial charge in [-0.25, -0.2) is 8.42 Å². The summed E-state index contributed by atoms with van der Waals surface area (Å²) in [6.45, 7) is 4.79. The molecule has 0 aliphatic carbocycles. The van der Waals surface area contributed by atoms with E-state index < -0.39 is 21.8 Å². The van der Waals surface area contributed by atoms with Crippen molar-refractivity contribution < 1.29 is 22.7 Å². The maximum absolute atomic E-state index is 12.5. The van der Waals surface area contributed by atoms with Gasteiger partial charge in [0.25, 0.3) is 0 Å². The van der Waals surface area contributed by atoms with Crippen LogP contribution in [0.3, 0.4) is 0 Å². The molecular weight excluding hydrogens is 408 g/mol. The monoisotopic (exact) mass is 438 g/mol. The first-order valence-electron chi connectivity index (χ1n) is 10.4. The minimum absolute atomic E-state index is 0.0745. The van der Waals surface area contributed by atoms with Gasteiger partial charge in [-0.3, -0.25) is 18.8 Å². The van der Waals surface area contributed by atoms with E-state index in [0.717, 1.165) is 32.4 Å². The molecule has 1 atom stereocenters. The zero-order valence-corrected chi connectivity index (χ0v) is 18.3. The van der Waals surface area contributed by atoms with E-state index in [-0.39, 0.29) is 11.8 Å². The number of nitrogens with one attached hydrogen (secondary N) is 2. The first-order valence-corrected chi connectivity index (χ1v) is 12.0. The highest BCUT2D eigenvalue weighted by molar-refractivity contribution is 7.92. The lowest BCUT2D eigenvalue weighted by Crippen LogP contribution is -2.43. The molecule has 30 heavy (non-hydrogen) atoms. The number of benzene rings is 1. The van der Waals surface area contributed by atoms with E-state index in [0.29, 0.717) is 36.6 Å². The lowest BCUT2D eigenvalue weighted by Gasteiger charge is -2.29. The minimum atomic E-state index is -3.44. The Labute approximate surface area is 177 Å². The fraction of sp³-hybridized carbons (Fsp3) is 0.600. The highest BCUT2D eigenvalue weighted by atomic mass is 32.2. The number of anilines is 2. The van der Waals surface area contributed by atoms with Crippen LogP contribution in [0.25, 0.3) is 0 Å². The second kappa shape index (κ2) is 9.65. The van der Waals surface area contributed by atoms with Gasteiger partial charge in [0, 0.05) is 24.8 Å². The number of likely N-dealkylation sites (N-methyl/N-ethyl adjacent to an activating group) is 1. The van der Waals surface area contributed by atoms with Crippen LogP contribution in [0.5, 0.6) is 5.75 Å². The summed E-state index contributed by atoms with van der Waals surface area (Å²) >= 11 is 0. The molecule has 0 saturated carbocycles. The molecule has 1 aromatic carbocycles. The molecule has 0 radical (unpaired) electrons. The lowest BCUT2D eigenvalue weighted by molar-refractivity contribution is -0.136. The number of likely N-dealkylation sites (tertiary alicyclic amines) is 1. The number of ether oxygens (including phenoxy) is 1. The van der Waals surface area contributed by atoms with E-state index in [1.165, 1.54) is 17.5 Å². The Balaban J connectivity index is 1.67. The molecule has 2 fully saturated rings. The van der Waals surface area contributed by atoms with Crippen molar-refractivity contribution in [3.05, 3.63) is 18.2 Å². The van der Waals surface area contributed by atoms with Gasteiger partial charge in [-0.15, -0.1) is 0 Å². The van der Waals surface area contributed by atoms with Gasteiger partial charge in [0.2, 0.25) is 10.0 Å². The van der Waals surface area contributed by atoms with Crippen LogP contribution in [0.1, 0.15) is 32.6 Å². The first-order chi connectivity index (χ1) is 14.4. The van der Waals surface area contributed by atoms with Crippen LogP contribution in [0.15, 0.2) is 18.2 Å². The van der Waals surface area contributed by atoms with E-state index in [1.54, 1.807) is 12.1 Å². The van der Waals surface area contributed by atoms with E-state index in [1.807, 2.05) is 0 Å². The van der Waals surface area contributed by atoms with E-state index >= 15 is 0 Å². The fourth-order valence-electron chi connectivity index (χ4n) is 4.04. The summed E-state index contributed by atoms with van der Waals surface area (Å²) in [5.41, 5.74) is 0.697. The Bertz CT molecular complexity index is 889. The summed E-state index contributed by atoms with van der Waals surface area (Å²) in [5, 5.41) is 5.26. The Morgan fingerprint density at radius 3 is 2.67 bits per heavy atom. The number of hydrogen-bond donors (Lipinski definition) is 2. The largest absolute Gasteiger partial charge is 0.495 e. The Hall–Kier alpha value is -2.33. The molecular formula is C20H30N4O5S. The average Bonchev–Trinajstić information content (AvgIpc) is 3.19. The molecule has 0 spiro atoms. The van der Waals surface area contributed by atoms with E-state index in [2.05, 4.69) is 22.5 Å². The molecule has 2 aliphatic heterocycles. The van der Waals surface area contributed by atoms with Crippen LogP contribution in [-0.2, 0) is 19.6 Å². The van der Waals surface area contributed by atoms with Crippen molar-refractivity contribution in [2.24, 2.45) is 0 Å². The van der Waals surface area contributed by atoms with Crippen molar-refractivity contribution in [2.75, 3.05) is 48.7 Å². The molecule has 1 aromatic rings. The average molecular weight is 439 g/mol. The molecule has 1 unspecified atom stereocenters. The highest BCUT2D eigenvalue weighted by Crippen LogP contribution is 2.35. The van der Waals surface area contributed by atoms with Gasteiger partial charge in [-0.1, -0.05) is 6.92 Å². The molecule has 9 nitrogen and oxygen atoms in total. The summed E-state index contributed by atoms with van der Waals surface area (Å²) in [7, 11) is -1.98. The quantitative estimate of drug-likeness (QED) is 0.646. The van der Waals surface area contributed by atoms with Crippen molar-refractivity contribution >= 4 is 33.2 Å². The number of amides is 2. The molecule has 0 bridgehead atoms. The summed E-state index contributed by atoms with van der Waals surface area (Å²) < 4.78 is 31.6. The molecule has 166 valence electrons. The maximum Gasteiger partial charge on any atom is 0.313 e. The van der Waals surface area contributed by atoms with Gasteiger partial charge in [0.05, 0.1) is 18.6 Å². The van der Waals surface area contributed by atoms with Crippen LogP contribution in [0.4, 0.5) is 11.4 Å². The zero-order valence-electron chi connectivity index (χ0n) is 17.5. The molecule has 3 rings (SSSR count). The number of carbonyl (C=O) groups is 2. The van der Waals surface area contributed by atoms with Crippen molar-refractivity contribution in [1.82, 2.24) is 10.2 Å².